The van der Waals surface area contributed by atoms with Crippen LogP contribution in [0.3, 0.4) is 0 Å². The molecule has 0 saturated carbocycles. The van der Waals surface area contributed by atoms with E-state index >= 15 is 0 Å². The Labute approximate surface area is 148 Å². The summed E-state index contributed by atoms with van der Waals surface area (Å²) in [4.78, 5) is 33.3. The fourth-order valence-corrected chi connectivity index (χ4v) is 1.48. The molecular weight excluding hydrogens is 304 g/mol. The van der Waals surface area contributed by atoms with Gasteiger partial charge in [-0.25, -0.2) is 0 Å². The molecule has 0 aromatic heterocycles. The summed E-state index contributed by atoms with van der Waals surface area (Å²) in [5, 5.41) is 5.63. The molecule has 0 unspecified atom stereocenters. The van der Waals surface area contributed by atoms with Crippen LogP contribution in [-0.2, 0) is 14.4 Å². The first kappa shape index (κ1) is 24.9. The topological polar surface area (TPSA) is 75.3 Å². The minimum Gasteiger partial charge on any atom is -0.356 e. The number of carbonyl (C=O) groups excluding carboxylic acids is 3. The summed E-state index contributed by atoms with van der Waals surface area (Å²) in [6, 6.07) is 0. The Kier molecular flexibility index (Phi) is 14.5. The van der Waals surface area contributed by atoms with E-state index in [1.807, 2.05) is 41.5 Å². The average Bonchev–Trinajstić information content (AvgIpc) is 2.48. The average molecular weight is 343 g/mol. The van der Waals surface area contributed by atoms with Crippen LogP contribution >= 0.6 is 0 Å². The summed E-state index contributed by atoms with van der Waals surface area (Å²) in [7, 11) is 0. The van der Waals surface area contributed by atoms with E-state index in [4.69, 9.17) is 0 Å². The first-order valence-electron chi connectivity index (χ1n) is 9.07. The van der Waals surface area contributed by atoms with Crippen molar-refractivity contribution in [2.24, 2.45) is 23.7 Å². The zero-order valence-electron chi connectivity index (χ0n) is 16.9. The number of ketones is 1. The van der Waals surface area contributed by atoms with E-state index in [-0.39, 0.29) is 35.4 Å². The van der Waals surface area contributed by atoms with Crippen LogP contribution in [-0.4, -0.2) is 30.7 Å². The Hall–Kier alpha value is -1.39. The van der Waals surface area contributed by atoms with Crippen molar-refractivity contribution in [1.29, 1.82) is 0 Å². The van der Waals surface area contributed by atoms with Crippen molar-refractivity contribution >= 4 is 17.6 Å². The Morgan fingerprint density at radius 3 is 1.54 bits per heavy atom. The Morgan fingerprint density at radius 1 is 0.708 bits per heavy atom. The molecule has 0 aliphatic rings. The number of amides is 2. The second-order valence-electron chi connectivity index (χ2n) is 7.46. The molecule has 5 nitrogen and oxygen atoms in total. The highest BCUT2D eigenvalue weighted by Gasteiger charge is 2.08. The van der Waals surface area contributed by atoms with Gasteiger partial charge in [0, 0.05) is 37.3 Å². The number of nitrogens with one attached hydrogen (secondary N) is 2. The van der Waals surface area contributed by atoms with Crippen LogP contribution in [0.25, 0.3) is 0 Å². The SMILES string of the molecule is CC(C)C(=O)CCCNC(=O)C(C)C.CC(C)CNC(=O)C(C)C. The van der Waals surface area contributed by atoms with Crippen LogP contribution in [0, 0.1) is 23.7 Å². The van der Waals surface area contributed by atoms with Crippen molar-refractivity contribution in [3.8, 4) is 0 Å². The lowest BCUT2D eigenvalue weighted by atomic mass is 10.0. The smallest absolute Gasteiger partial charge is 0.222 e. The van der Waals surface area contributed by atoms with Crippen molar-refractivity contribution in [2.45, 2.75) is 68.2 Å². The maximum Gasteiger partial charge on any atom is 0.222 e. The molecule has 0 aromatic rings. The molecule has 0 heterocycles. The number of hydrogen-bond acceptors (Lipinski definition) is 3. The predicted molar refractivity (Wildman–Crippen MR) is 99.6 cm³/mol. The van der Waals surface area contributed by atoms with E-state index in [1.165, 1.54) is 0 Å². The third-order valence-electron chi connectivity index (χ3n) is 3.28. The standard InChI is InChI=1S/C11H21NO2.C8H17NO/c1-8(2)10(13)6-5-7-12-11(14)9(3)4;1-6(2)5-9-8(10)7(3)4/h8-9H,5-7H2,1-4H3,(H,12,14);6-7H,5H2,1-4H3,(H,9,10). The van der Waals surface area contributed by atoms with Gasteiger partial charge in [-0.05, 0) is 12.3 Å². The number of hydrogen-bond donors (Lipinski definition) is 2. The second-order valence-corrected chi connectivity index (χ2v) is 7.46. The highest BCUT2D eigenvalue weighted by Crippen LogP contribution is 2.01. The summed E-state index contributed by atoms with van der Waals surface area (Å²) in [5.74, 6) is 1.26. The van der Waals surface area contributed by atoms with Gasteiger partial charge in [0.15, 0.2) is 0 Å². The van der Waals surface area contributed by atoms with E-state index in [0.29, 0.717) is 18.9 Å². The van der Waals surface area contributed by atoms with E-state index in [9.17, 15) is 14.4 Å². The van der Waals surface area contributed by atoms with Gasteiger partial charge in [-0.1, -0.05) is 55.4 Å². The number of carbonyl (C=O) groups is 3. The summed E-state index contributed by atoms with van der Waals surface area (Å²) in [5.41, 5.74) is 0. The maximum absolute atomic E-state index is 11.2. The molecule has 0 aliphatic heterocycles. The molecule has 5 heteroatoms. The zero-order chi connectivity index (χ0) is 19.3. The molecule has 0 saturated heterocycles. The van der Waals surface area contributed by atoms with Gasteiger partial charge >= 0.3 is 0 Å². The maximum atomic E-state index is 11.2. The number of rotatable bonds is 9. The van der Waals surface area contributed by atoms with Gasteiger partial charge in [0.2, 0.25) is 11.8 Å². The fourth-order valence-electron chi connectivity index (χ4n) is 1.48. The van der Waals surface area contributed by atoms with Crippen LogP contribution in [0.4, 0.5) is 0 Å². The van der Waals surface area contributed by atoms with E-state index < -0.39 is 0 Å². The third kappa shape index (κ3) is 15.5. The highest BCUT2D eigenvalue weighted by atomic mass is 16.2. The van der Waals surface area contributed by atoms with Crippen molar-refractivity contribution in [2.75, 3.05) is 13.1 Å². The molecular formula is C19H38N2O3. The van der Waals surface area contributed by atoms with Gasteiger partial charge in [-0.2, -0.15) is 0 Å². The third-order valence-corrected chi connectivity index (χ3v) is 3.28. The normalized spacial score (nSPS) is 10.7. The molecule has 0 bridgehead atoms. The van der Waals surface area contributed by atoms with Gasteiger partial charge in [-0.15, -0.1) is 0 Å². The van der Waals surface area contributed by atoms with Gasteiger partial charge in [0.25, 0.3) is 0 Å². The van der Waals surface area contributed by atoms with E-state index in [0.717, 1.165) is 13.0 Å². The molecule has 0 aliphatic carbocycles. The van der Waals surface area contributed by atoms with Crippen LogP contribution in [0.2, 0.25) is 0 Å². The summed E-state index contributed by atoms with van der Waals surface area (Å²) < 4.78 is 0. The molecule has 0 spiro atoms. The molecule has 24 heavy (non-hydrogen) atoms. The molecule has 2 N–H and O–H groups in total. The molecule has 2 amide bonds. The molecule has 0 radical (unpaired) electrons. The predicted octanol–water partition coefficient (Wildman–Crippen LogP) is 3.18. The lowest BCUT2D eigenvalue weighted by molar-refractivity contribution is -0.125. The van der Waals surface area contributed by atoms with Gasteiger partial charge in [0.1, 0.15) is 5.78 Å². The molecule has 0 rings (SSSR count). The second kappa shape index (κ2) is 14.0. The molecule has 0 atom stereocenters. The van der Waals surface area contributed by atoms with Crippen molar-refractivity contribution in [3.05, 3.63) is 0 Å². The molecule has 142 valence electrons. The van der Waals surface area contributed by atoms with Crippen LogP contribution in [0.15, 0.2) is 0 Å². The first-order chi connectivity index (χ1) is 11.0. The zero-order valence-corrected chi connectivity index (χ0v) is 16.9. The first-order valence-corrected chi connectivity index (χ1v) is 9.07. The molecule has 0 fully saturated rings. The van der Waals surface area contributed by atoms with Crippen molar-refractivity contribution in [1.82, 2.24) is 10.6 Å². The highest BCUT2D eigenvalue weighted by molar-refractivity contribution is 5.80. The van der Waals surface area contributed by atoms with Crippen molar-refractivity contribution < 1.29 is 14.4 Å². The fraction of sp³-hybridized carbons (Fsp3) is 0.842. The summed E-state index contributed by atoms with van der Waals surface area (Å²) in [6.07, 6.45) is 1.31. The molecule has 0 aromatic carbocycles. The minimum atomic E-state index is 0.0239. The van der Waals surface area contributed by atoms with Crippen molar-refractivity contribution in [3.63, 3.8) is 0 Å². The van der Waals surface area contributed by atoms with Crippen LogP contribution in [0.5, 0.6) is 0 Å². The summed E-state index contributed by atoms with van der Waals surface area (Å²) >= 11 is 0. The van der Waals surface area contributed by atoms with Gasteiger partial charge in [0.05, 0.1) is 0 Å². The Bertz CT molecular complexity index is 353. The van der Waals surface area contributed by atoms with E-state index in [1.54, 1.807) is 0 Å². The lowest BCUT2D eigenvalue weighted by Gasteiger charge is -2.08. The van der Waals surface area contributed by atoms with Gasteiger partial charge in [-0.3, -0.25) is 14.4 Å². The largest absolute Gasteiger partial charge is 0.356 e. The minimum absolute atomic E-state index is 0.0239. The van der Waals surface area contributed by atoms with Crippen LogP contribution in [0.1, 0.15) is 68.2 Å². The van der Waals surface area contributed by atoms with Gasteiger partial charge < -0.3 is 10.6 Å². The Morgan fingerprint density at radius 2 is 1.17 bits per heavy atom. The quantitative estimate of drug-likeness (QED) is 0.632. The van der Waals surface area contributed by atoms with E-state index in [2.05, 4.69) is 24.5 Å². The number of Topliss-reactive ketones (excluding diaryl/α,β-unsaturated/α-hetero) is 1. The summed E-state index contributed by atoms with van der Waals surface area (Å²) in [6.45, 7) is 16.9. The van der Waals surface area contributed by atoms with Crippen LogP contribution < -0.4 is 10.6 Å². The lowest BCUT2D eigenvalue weighted by Crippen LogP contribution is -2.30. The Balaban J connectivity index is 0. The monoisotopic (exact) mass is 342 g/mol.